The largest absolute Gasteiger partial charge is 0.483 e. The van der Waals surface area contributed by atoms with Crippen LogP contribution >= 0.6 is 0 Å². The summed E-state index contributed by atoms with van der Waals surface area (Å²) in [6.07, 6.45) is -0.209. The highest BCUT2D eigenvalue weighted by Gasteiger charge is 2.39. The predicted octanol–water partition coefficient (Wildman–Crippen LogP) is 6.96. The van der Waals surface area contributed by atoms with Crippen LogP contribution in [-0.2, 0) is 6.18 Å². The molecule has 31 heavy (non-hydrogen) atoms. The quantitative estimate of drug-likeness (QED) is 0.251. The van der Waals surface area contributed by atoms with Crippen LogP contribution in [0.15, 0.2) is 73.3 Å². The molecule has 0 atom stereocenters. The summed E-state index contributed by atoms with van der Waals surface area (Å²) in [5, 5.41) is 1.62. The van der Waals surface area contributed by atoms with Gasteiger partial charge in [-0.05, 0) is 61.4 Å². The van der Waals surface area contributed by atoms with Crippen molar-refractivity contribution in [3.05, 3.63) is 84.4 Å². The molecule has 0 saturated heterocycles. The Labute approximate surface area is 178 Å². The summed E-state index contributed by atoms with van der Waals surface area (Å²) in [5.41, 5.74) is -1.81. The summed E-state index contributed by atoms with van der Waals surface area (Å²) in [6.45, 7) is 3.75. The maximum absolute atomic E-state index is 13.6. The summed E-state index contributed by atoms with van der Waals surface area (Å²) in [6, 6.07) is 15.7. The van der Waals surface area contributed by atoms with E-state index in [1.807, 2.05) is 30.3 Å². The molecular formula is C25H21F3O3. The highest BCUT2D eigenvalue weighted by atomic mass is 19.4. The van der Waals surface area contributed by atoms with Gasteiger partial charge in [-0.1, -0.05) is 43.0 Å². The normalized spacial score (nSPS) is 15.6. The van der Waals surface area contributed by atoms with Crippen LogP contribution in [0.5, 0.6) is 11.5 Å². The first kappa shape index (κ1) is 21.0. The van der Waals surface area contributed by atoms with Crippen LogP contribution in [0.2, 0.25) is 0 Å². The molecule has 0 amide bonds. The number of ether oxygens (including phenoxy) is 2. The van der Waals surface area contributed by atoms with Crippen molar-refractivity contribution in [3.63, 3.8) is 0 Å². The van der Waals surface area contributed by atoms with Crippen molar-refractivity contribution >= 4 is 16.7 Å². The van der Waals surface area contributed by atoms with Crippen LogP contribution < -0.4 is 9.47 Å². The molecule has 0 N–H and O–H groups in total. The molecule has 0 radical (unpaired) electrons. The SMILES string of the molecule is C=CC1(Oc2cc(C(=O)Oc3cccc4ccccc34)ccc2C(F)(F)F)CCCC1. The molecule has 0 heterocycles. The molecule has 3 nitrogen and oxygen atoms in total. The second-order valence-electron chi connectivity index (χ2n) is 7.65. The van der Waals surface area contributed by atoms with E-state index in [2.05, 4.69) is 6.58 Å². The summed E-state index contributed by atoms with van der Waals surface area (Å²) in [5.74, 6) is -0.806. The second-order valence-corrected chi connectivity index (χ2v) is 7.65. The zero-order chi connectivity index (χ0) is 22.1. The van der Waals surface area contributed by atoms with Gasteiger partial charge in [0.05, 0.1) is 11.1 Å². The Morgan fingerprint density at radius 2 is 1.68 bits per heavy atom. The molecule has 1 aliphatic carbocycles. The number of alkyl halides is 3. The molecule has 3 aromatic carbocycles. The third-order valence-electron chi connectivity index (χ3n) is 5.61. The van der Waals surface area contributed by atoms with E-state index in [9.17, 15) is 18.0 Å². The van der Waals surface area contributed by atoms with Crippen molar-refractivity contribution in [2.24, 2.45) is 0 Å². The highest BCUT2D eigenvalue weighted by Crippen LogP contribution is 2.42. The highest BCUT2D eigenvalue weighted by molar-refractivity contribution is 5.95. The summed E-state index contributed by atoms with van der Waals surface area (Å²) in [4.78, 5) is 12.8. The predicted molar refractivity (Wildman–Crippen MR) is 112 cm³/mol. The average molecular weight is 426 g/mol. The number of carbonyl (C=O) groups excluding carboxylic acids is 1. The number of hydrogen-bond acceptors (Lipinski definition) is 3. The average Bonchev–Trinajstić information content (AvgIpc) is 3.22. The van der Waals surface area contributed by atoms with Crippen LogP contribution in [0.25, 0.3) is 10.8 Å². The van der Waals surface area contributed by atoms with Gasteiger partial charge in [0.1, 0.15) is 17.1 Å². The molecule has 160 valence electrons. The van der Waals surface area contributed by atoms with E-state index in [1.54, 1.807) is 18.2 Å². The monoisotopic (exact) mass is 426 g/mol. The number of benzene rings is 3. The Bertz CT molecular complexity index is 1120. The van der Waals surface area contributed by atoms with Gasteiger partial charge < -0.3 is 9.47 Å². The number of fused-ring (bicyclic) bond motifs is 1. The van der Waals surface area contributed by atoms with Gasteiger partial charge in [-0.2, -0.15) is 13.2 Å². The molecule has 0 spiro atoms. The van der Waals surface area contributed by atoms with Gasteiger partial charge in [0.15, 0.2) is 0 Å². The minimum Gasteiger partial charge on any atom is -0.483 e. The number of carbonyl (C=O) groups is 1. The molecule has 1 aliphatic rings. The molecule has 0 aromatic heterocycles. The summed E-state index contributed by atoms with van der Waals surface area (Å²) in [7, 11) is 0. The third kappa shape index (κ3) is 4.29. The fourth-order valence-electron chi connectivity index (χ4n) is 3.95. The van der Waals surface area contributed by atoms with Crippen LogP contribution in [0.1, 0.15) is 41.6 Å². The van der Waals surface area contributed by atoms with Gasteiger partial charge in [0, 0.05) is 5.39 Å². The van der Waals surface area contributed by atoms with E-state index < -0.39 is 23.3 Å². The number of hydrogen-bond donors (Lipinski definition) is 0. The number of halogens is 3. The van der Waals surface area contributed by atoms with Crippen molar-refractivity contribution < 1.29 is 27.4 Å². The van der Waals surface area contributed by atoms with Crippen molar-refractivity contribution in [1.29, 1.82) is 0 Å². The Morgan fingerprint density at radius 3 is 2.39 bits per heavy atom. The van der Waals surface area contributed by atoms with E-state index in [1.165, 1.54) is 0 Å². The minimum absolute atomic E-state index is 0.0202. The van der Waals surface area contributed by atoms with Gasteiger partial charge >= 0.3 is 12.1 Å². The number of rotatable bonds is 5. The smallest absolute Gasteiger partial charge is 0.419 e. The van der Waals surface area contributed by atoms with Crippen LogP contribution in [0, 0.1) is 0 Å². The fraction of sp³-hybridized carbons (Fsp3) is 0.240. The van der Waals surface area contributed by atoms with Gasteiger partial charge in [-0.25, -0.2) is 4.79 Å². The lowest BCUT2D eigenvalue weighted by molar-refractivity contribution is -0.139. The summed E-state index contributed by atoms with van der Waals surface area (Å²) < 4.78 is 52.1. The van der Waals surface area contributed by atoms with E-state index in [4.69, 9.17) is 9.47 Å². The molecule has 4 rings (SSSR count). The van der Waals surface area contributed by atoms with Gasteiger partial charge in [-0.3, -0.25) is 0 Å². The Balaban J connectivity index is 1.68. The van der Waals surface area contributed by atoms with Crippen molar-refractivity contribution in [2.45, 2.75) is 37.5 Å². The van der Waals surface area contributed by atoms with Gasteiger partial charge in [-0.15, -0.1) is 0 Å². The topological polar surface area (TPSA) is 35.5 Å². The lowest BCUT2D eigenvalue weighted by Crippen LogP contribution is -2.30. The third-order valence-corrected chi connectivity index (χ3v) is 5.61. The van der Waals surface area contributed by atoms with Crippen molar-refractivity contribution in [3.8, 4) is 11.5 Å². The van der Waals surface area contributed by atoms with Crippen molar-refractivity contribution in [2.75, 3.05) is 0 Å². The first-order valence-corrected chi connectivity index (χ1v) is 10.1. The first-order chi connectivity index (χ1) is 14.8. The van der Waals surface area contributed by atoms with Gasteiger partial charge in [0.2, 0.25) is 0 Å². The lowest BCUT2D eigenvalue weighted by atomic mass is 10.0. The maximum Gasteiger partial charge on any atom is 0.419 e. The van der Waals surface area contributed by atoms with E-state index >= 15 is 0 Å². The molecule has 3 aromatic rings. The van der Waals surface area contributed by atoms with Crippen LogP contribution in [-0.4, -0.2) is 11.6 Å². The zero-order valence-electron chi connectivity index (χ0n) is 16.7. The van der Waals surface area contributed by atoms with Crippen LogP contribution in [0.4, 0.5) is 13.2 Å². The molecular weight excluding hydrogens is 405 g/mol. The molecule has 1 saturated carbocycles. The molecule has 1 fully saturated rings. The maximum atomic E-state index is 13.6. The zero-order valence-corrected chi connectivity index (χ0v) is 16.7. The second kappa shape index (κ2) is 8.10. The lowest BCUT2D eigenvalue weighted by Gasteiger charge is -2.28. The molecule has 0 aliphatic heterocycles. The first-order valence-electron chi connectivity index (χ1n) is 10.1. The molecule has 0 bridgehead atoms. The molecule has 6 heteroatoms. The standard InChI is InChI=1S/C25H21F3O3/c1-2-24(14-5-6-15-24)31-22-16-18(12-13-20(22)25(26,27)28)23(29)30-21-11-7-9-17-8-3-4-10-19(17)21/h2-4,7-13,16H,1,5-6,14-15H2. The van der Waals surface area contributed by atoms with Crippen molar-refractivity contribution in [1.82, 2.24) is 0 Å². The Kier molecular flexibility index (Phi) is 5.48. The fourth-order valence-corrected chi connectivity index (χ4v) is 3.95. The van der Waals surface area contributed by atoms with E-state index in [0.29, 0.717) is 18.6 Å². The van der Waals surface area contributed by atoms with Crippen LogP contribution in [0.3, 0.4) is 0 Å². The number of esters is 1. The Hall–Kier alpha value is -3.28. The Morgan fingerprint density at radius 1 is 0.968 bits per heavy atom. The molecule has 0 unspecified atom stereocenters. The van der Waals surface area contributed by atoms with E-state index in [0.717, 1.165) is 41.8 Å². The minimum atomic E-state index is -4.62. The van der Waals surface area contributed by atoms with Gasteiger partial charge in [0.25, 0.3) is 0 Å². The summed E-state index contributed by atoms with van der Waals surface area (Å²) >= 11 is 0. The van der Waals surface area contributed by atoms with E-state index in [-0.39, 0.29) is 11.3 Å².